The fourth-order valence-electron chi connectivity index (χ4n) is 3.20. The first-order chi connectivity index (χ1) is 12.4. The lowest BCUT2D eigenvalue weighted by atomic mass is 9.93. The van der Waals surface area contributed by atoms with Crippen LogP contribution in [0.15, 0.2) is 0 Å². The predicted molar refractivity (Wildman–Crippen MR) is 99.7 cm³/mol. The number of hydrogen-bond acceptors (Lipinski definition) is 6. The van der Waals surface area contributed by atoms with Crippen LogP contribution in [0.1, 0.15) is 34.6 Å². The van der Waals surface area contributed by atoms with Gasteiger partial charge in [-0.1, -0.05) is 0 Å². The molecule has 3 heterocycles. The molecule has 2 aliphatic rings. The highest BCUT2D eigenvalue weighted by Gasteiger charge is 2.33. The molecular formula is C17H26N4O4S. The zero-order valence-corrected chi connectivity index (χ0v) is 16.0. The molecule has 0 aromatic carbocycles. The van der Waals surface area contributed by atoms with E-state index in [1.165, 1.54) is 11.3 Å². The van der Waals surface area contributed by atoms with Crippen LogP contribution in [-0.4, -0.2) is 61.8 Å². The fourth-order valence-corrected chi connectivity index (χ4v) is 4.33. The number of fused-ring (bicyclic) bond motifs is 1. The van der Waals surface area contributed by atoms with Crippen molar-refractivity contribution in [3.8, 4) is 0 Å². The van der Waals surface area contributed by atoms with E-state index in [1.807, 2.05) is 13.8 Å². The Bertz CT molecular complexity index is 683. The van der Waals surface area contributed by atoms with E-state index < -0.39 is 5.91 Å². The van der Waals surface area contributed by atoms with Gasteiger partial charge in [0.25, 0.3) is 5.91 Å². The lowest BCUT2D eigenvalue weighted by Crippen LogP contribution is -2.42. The first-order valence-corrected chi connectivity index (χ1v) is 9.60. The Morgan fingerprint density at radius 3 is 2.73 bits per heavy atom. The van der Waals surface area contributed by atoms with Crippen molar-refractivity contribution in [3.63, 3.8) is 0 Å². The summed E-state index contributed by atoms with van der Waals surface area (Å²) in [7, 11) is 0. The molecule has 0 bridgehead atoms. The number of carbonyl (C=O) groups excluding carboxylic acids is 2. The minimum atomic E-state index is -0.524. The second kappa shape index (κ2) is 7.91. The Morgan fingerprint density at radius 1 is 1.31 bits per heavy atom. The Morgan fingerprint density at radius 2 is 2.04 bits per heavy atom. The average molecular weight is 382 g/mol. The molecule has 1 fully saturated rings. The van der Waals surface area contributed by atoms with Crippen molar-refractivity contribution in [2.24, 2.45) is 5.73 Å². The smallest absolute Gasteiger partial charge is 0.319 e. The van der Waals surface area contributed by atoms with E-state index in [0.717, 1.165) is 43.3 Å². The number of morpholine rings is 1. The molecule has 0 aliphatic carbocycles. The van der Waals surface area contributed by atoms with E-state index in [9.17, 15) is 9.59 Å². The number of carbonyl (C=O) groups is 2. The molecule has 26 heavy (non-hydrogen) atoms. The van der Waals surface area contributed by atoms with E-state index in [4.69, 9.17) is 15.2 Å². The lowest BCUT2D eigenvalue weighted by molar-refractivity contribution is -0.0383. The van der Waals surface area contributed by atoms with Crippen molar-refractivity contribution >= 4 is 28.3 Å². The molecular weight excluding hydrogens is 356 g/mol. The summed E-state index contributed by atoms with van der Waals surface area (Å²) in [6, 6.07) is -0.334. The first-order valence-electron chi connectivity index (χ1n) is 8.79. The molecule has 0 saturated carbocycles. The monoisotopic (exact) mass is 382 g/mol. The number of rotatable bonds is 5. The summed E-state index contributed by atoms with van der Waals surface area (Å²) in [5.41, 5.74) is 6.53. The number of thiophene rings is 1. The van der Waals surface area contributed by atoms with Crippen LogP contribution in [0.2, 0.25) is 0 Å². The molecule has 0 radical (unpaired) electrons. The maximum absolute atomic E-state index is 12.2. The molecule has 1 aromatic rings. The van der Waals surface area contributed by atoms with Crippen LogP contribution in [0.25, 0.3) is 0 Å². The third-order valence-electron chi connectivity index (χ3n) is 4.58. The van der Waals surface area contributed by atoms with Gasteiger partial charge in [0.1, 0.15) is 5.00 Å². The van der Waals surface area contributed by atoms with Gasteiger partial charge < -0.3 is 20.5 Å². The minimum absolute atomic E-state index is 0.334. The molecule has 4 N–H and O–H groups in total. The quantitative estimate of drug-likeness (QED) is 0.708. The van der Waals surface area contributed by atoms with Crippen LogP contribution in [0.4, 0.5) is 9.80 Å². The van der Waals surface area contributed by atoms with Crippen LogP contribution < -0.4 is 16.4 Å². The van der Waals surface area contributed by atoms with Gasteiger partial charge in [-0.15, -0.1) is 11.3 Å². The third kappa shape index (κ3) is 4.53. The van der Waals surface area contributed by atoms with Crippen LogP contribution in [0, 0.1) is 0 Å². The number of nitrogens with zero attached hydrogens (tertiary/aromatic N) is 1. The molecule has 1 saturated heterocycles. The van der Waals surface area contributed by atoms with Gasteiger partial charge in [0, 0.05) is 37.5 Å². The SMILES string of the molecule is CC1(C)Cc2c(sc(NC(=O)NCCN3CCOCC3)c2C(N)=O)CO1. The number of primary amides is 1. The summed E-state index contributed by atoms with van der Waals surface area (Å²) >= 11 is 1.36. The lowest BCUT2D eigenvalue weighted by Gasteiger charge is -2.30. The molecule has 2 aliphatic heterocycles. The molecule has 144 valence electrons. The highest BCUT2D eigenvalue weighted by molar-refractivity contribution is 7.17. The number of nitrogens with one attached hydrogen (secondary N) is 2. The summed E-state index contributed by atoms with van der Waals surface area (Å²) in [6.07, 6.45) is 0.595. The number of nitrogens with two attached hydrogens (primary N) is 1. The first kappa shape index (κ1) is 19.1. The number of hydrogen-bond donors (Lipinski definition) is 3. The van der Waals surface area contributed by atoms with E-state index in [2.05, 4.69) is 15.5 Å². The van der Waals surface area contributed by atoms with Gasteiger partial charge in [0.05, 0.1) is 31.0 Å². The van der Waals surface area contributed by atoms with E-state index >= 15 is 0 Å². The summed E-state index contributed by atoms with van der Waals surface area (Å²) < 4.78 is 11.1. The molecule has 8 nitrogen and oxygen atoms in total. The molecule has 3 amide bonds. The van der Waals surface area contributed by atoms with Crippen molar-refractivity contribution in [3.05, 3.63) is 16.0 Å². The third-order valence-corrected chi connectivity index (χ3v) is 5.70. The van der Waals surface area contributed by atoms with Gasteiger partial charge in [-0.25, -0.2) is 4.79 Å². The summed E-state index contributed by atoms with van der Waals surface area (Å²) in [4.78, 5) is 27.4. The summed E-state index contributed by atoms with van der Waals surface area (Å²) in [6.45, 7) is 8.88. The maximum Gasteiger partial charge on any atom is 0.319 e. The van der Waals surface area contributed by atoms with Gasteiger partial charge in [-0.05, 0) is 19.4 Å². The molecule has 3 rings (SSSR count). The number of urea groups is 1. The van der Waals surface area contributed by atoms with Crippen LogP contribution in [-0.2, 0) is 22.5 Å². The fraction of sp³-hybridized carbons (Fsp3) is 0.647. The highest BCUT2D eigenvalue weighted by Crippen LogP contribution is 2.40. The average Bonchev–Trinajstić information content (AvgIpc) is 2.91. The zero-order valence-electron chi connectivity index (χ0n) is 15.2. The second-order valence-electron chi connectivity index (χ2n) is 7.13. The largest absolute Gasteiger partial charge is 0.379 e. The zero-order chi connectivity index (χ0) is 18.7. The molecule has 0 spiro atoms. The molecule has 1 aromatic heterocycles. The Hall–Kier alpha value is -1.68. The number of amides is 3. The van der Waals surface area contributed by atoms with Gasteiger partial charge in [0.15, 0.2) is 0 Å². The second-order valence-corrected chi connectivity index (χ2v) is 8.24. The van der Waals surface area contributed by atoms with Crippen LogP contribution >= 0.6 is 11.3 Å². The Balaban J connectivity index is 1.61. The van der Waals surface area contributed by atoms with Crippen LogP contribution in [0.3, 0.4) is 0 Å². The van der Waals surface area contributed by atoms with Crippen molar-refractivity contribution in [1.29, 1.82) is 0 Å². The number of anilines is 1. The van der Waals surface area contributed by atoms with E-state index in [1.54, 1.807) is 0 Å². The number of ether oxygens (including phenoxy) is 2. The normalized spacial score (nSPS) is 19.6. The maximum atomic E-state index is 12.2. The molecule has 9 heteroatoms. The van der Waals surface area contributed by atoms with Crippen molar-refractivity contribution in [2.75, 3.05) is 44.7 Å². The van der Waals surface area contributed by atoms with Gasteiger partial charge in [-0.3, -0.25) is 15.0 Å². The predicted octanol–water partition coefficient (Wildman–Crippen LogP) is 1.15. The highest BCUT2D eigenvalue weighted by atomic mass is 32.1. The topological polar surface area (TPSA) is 106 Å². The van der Waals surface area contributed by atoms with Gasteiger partial charge in [0.2, 0.25) is 0 Å². The van der Waals surface area contributed by atoms with Gasteiger partial charge in [-0.2, -0.15) is 0 Å². The van der Waals surface area contributed by atoms with Gasteiger partial charge >= 0.3 is 6.03 Å². The minimum Gasteiger partial charge on any atom is -0.379 e. The summed E-state index contributed by atoms with van der Waals surface area (Å²) in [5, 5.41) is 6.11. The summed E-state index contributed by atoms with van der Waals surface area (Å²) in [5.74, 6) is -0.524. The molecule has 0 unspecified atom stereocenters. The van der Waals surface area contributed by atoms with Crippen molar-refractivity contribution < 1.29 is 19.1 Å². The Kier molecular flexibility index (Phi) is 5.81. The Labute approximate surface area is 157 Å². The molecule has 0 atom stereocenters. The van der Waals surface area contributed by atoms with E-state index in [0.29, 0.717) is 30.1 Å². The van der Waals surface area contributed by atoms with Crippen molar-refractivity contribution in [2.45, 2.75) is 32.5 Å². The van der Waals surface area contributed by atoms with Crippen molar-refractivity contribution in [1.82, 2.24) is 10.2 Å². The van der Waals surface area contributed by atoms with Crippen LogP contribution in [0.5, 0.6) is 0 Å². The standard InChI is InChI=1S/C17H26N4O4S/c1-17(2)9-11-12(10-25-17)26-15(13(11)14(18)22)20-16(23)19-3-4-21-5-7-24-8-6-21/h3-10H2,1-2H3,(H2,18,22)(H2,19,20,23). The van der Waals surface area contributed by atoms with E-state index in [-0.39, 0.29) is 11.6 Å².